The van der Waals surface area contributed by atoms with Crippen molar-refractivity contribution >= 4 is 79.2 Å². The summed E-state index contributed by atoms with van der Waals surface area (Å²) in [4.78, 5) is 15.7. The molecule has 6 aromatic heterocycles. The Kier molecular flexibility index (Phi) is 10.7. The quantitative estimate of drug-likeness (QED) is 0.121. The van der Waals surface area contributed by atoms with E-state index in [1.807, 2.05) is 81.9 Å². The minimum Gasteiger partial charge on any atom is -0.134 e. The fourth-order valence-corrected chi connectivity index (χ4v) is 13.7. The van der Waals surface area contributed by atoms with Gasteiger partial charge in [-0.2, -0.15) is 0 Å². The summed E-state index contributed by atoms with van der Waals surface area (Å²) in [5.41, 5.74) is 12.0. The molecule has 0 spiro atoms. The summed E-state index contributed by atoms with van der Waals surface area (Å²) in [7, 11) is 0. The molecule has 0 radical (unpaired) electrons. The van der Waals surface area contributed by atoms with Crippen molar-refractivity contribution in [2.24, 2.45) is 0 Å². The van der Waals surface area contributed by atoms with Gasteiger partial charge in [-0.05, 0) is 131 Å². The van der Waals surface area contributed by atoms with Crippen LogP contribution in [0.15, 0.2) is 183 Å². The minimum absolute atomic E-state index is 1.09. The Morgan fingerprint density at radius 3 is 0.617 bits per heavy atom. The van der Waals surface area contributed by atoms with Gasteiger partial charge in [0.2, 0.25) is 0 Å². The van der Waals surface area contributed by atoms with Crippen molar-refractivity contribution in [3.05, 3.63) is 194 Å². The molecule has 0 unspecified atom stereocenters. The number of allylic oxidation sites excluding steroid dienone is 2. The van der Waals surface area contributed by atoms with E-state index in [0.29, 0.717) is 0 Å². The first-order valence-electron chi connectivity index (χ1n) is 19.7. The van der Waals surface area contributed by atoms with Gasteiger partial charge in [-0.25, -0.2) is 0 Å². The van der Waals surface area contributed by atoms with Crippen LogP contribution in [0.2, 0.25) is 0 Å². The van der Waals surface area contributed by atoms with Gasteiger partial charge in [0, 0.05) is 58.5 Å². The first kappa shape index (κ1) is 38.7. The van der Waals surface area contributed by atoms with Crippen molar-refractivity contribution in [2.45, 2.75) is 13.8 Å². The number of benzene rings is 4. The highest BCUT2D eigenvalue weighted by Crippen LogP contribution is 2.47. The summed E-state index contributed by atoms with van der Waals surface area (Å²) in [6.45, 7) is 12.2. The third kappa shape index (κ3) is 7.95. The highest BCUT2D eigenvalue weighted by Gasteiger charge is 2.15. The number of rotatable bonds is 11. The molecule has 0 N–H and O–H groups in total. The second kappa shape index (κ2) is 16.5. The lowest BCUT2D eigenvalue weighted by Crippen LogP contribution is -1.81. The summed E-state index contributed by atoms with van der Waals surface area (Å²) in [6, 6.07) is 62.5. The zero-order valence-electron chi connectivity index (χ0n) is 33.0. The maximum atomic E-state index is 4.06. The first-order valence-corrected chi connectivity index (χ1v) is 24.6. The van der Waals surface area contributed by atoms with Crippen molar-refractivity contribution in [3.8, 4) is 91.9 Å². The molecule has 0 aliphatic carbocycles. The number of thiophene rings is 6. The summed E-state index contributed by atoms with van der Waals surface area (Å²) < 4.78 is 0. The van der Waals surface area contributed by atoms with Gasteiger partial charge in [-0.15, -0.1) is 68.0 Å². The van der Waals surface area contributed by atoms with Gasteiger partial charge in [0.05, 0.1) is 0 Å². The molecule has 0 bridgehead atoms. The molecule has 290 valence electrons. The van der Waals surface area contributed by atoms with Crippen LogP contribution in [0.4, 0.5) is 0 Å². The van der Waals surface area contributed by atoms with E-state index in [1.165, 1.54) is 103 Å². The smallest absolute Gasteiger partial charge is 0.0449 e. The first-order chi connectivity index (χ1) is 29.3. The van der Waals surface area contributed by atoms with E-state index in [-0.39, 0.29) is 0 Å². The Labute approximate surface area is 376 Å². The van der Waals surface area contributed by atoms with E-state index in [4.69, 9.17) is 0 Å². The normalized spacial score (nSPS) is 11.3. The lowest BCUT2D eigenvalue weighted by Gasteiger charge is -2.05. The predicted octanol–water partition coefficient (Wildman–Crippen LogP) is 19.1. The molecule has 0 aliphatic heterocycles. The Hall–Kier alpha value is -5.44. The molecular formula is C54H38S6. The topological polar surface area (TPSA) is 0 Å². The number of hydrogen-bond acceptors (Lipinski definition) is 6. The lowest BCUT2D eigenvalue weighted by molar-refractivity contribution is 1.56. The molecule has 0 nitrogen and oxygen atoms in total. The molecule has 6 heteroatoms. The average molecular weight is 879 g/mol. The SMILES string of the molecule is C=C(C)c1ccc(-c2ccc(-c3ccc(-c4ccc(-c5ccc(-c6ccc(-c7ccc(-c8ccc(-c9ccc(-c%10ccc(C(=C)C)cc%10)cc9)s8)s7)s6)s5)s4)s3)cc2)cc1. The van der Waals surface area contributed by atoms with Crippen molar-refractivity contribution in [1.82, 2.24) is 0 Å². The van der Waals surface area contributed by atoms with Crippen LogP contribution < -0.4 is 0 Å². The molecule has 6 heterocycles. The predicted molar refractivity (Wildman–Crippen MR) is 272 cm³/mol. The van der Waals surface area contributed by atoms with Gasteiger partial charge in [-0.3, -0.25) is 0 Å². The van der Waals surface area contributed by atoms with Crippen LogP contribution in [0, 0.1) is 0 Å². The molecule has 10 rings (SSSR count). The highest BCUT2D eigenvalue weighted by atomic mass is 32.1. The molecule has 0 aliphatic rings. The Balaban J connectivity index is 0.789. The fraction of sp³-hybridized carbons (Fsp3) is 0.0370. The van der Waals surface area contributed by atoms with E-state index < -0.39 is 0 Å². The average Bonchev–Trinajstić information content (AvgIpc) is 4.14. The van der Waals surface area contributed by atoms with Crippen molar-refractivity contribution in [3.63, 3.8) is 0 Å². The van der Waals surface area contributed by atoms with E-state index in [9.17, 15) is 0 Å². The van der Waals surface area contributed by atoms with Crippen LogP contribution in [0.1, 0.15) is 25.0 Å². The van der Waals surface area contributed by atoms with Crippen LogP contribution in [-0.2, 0) is 0 Å². The second-order valence-electron chi connectivity index (χ2n) is 14.9. The van der Waals surface area contributed by atoms with E-state index in [2.05, 4.69) is 183 Å². The van der Waals surface area contributed by atoms with E-state index >= 15 is 0 Å². The van der Waals surface area contributed by atoms with Crippen molar-refractivity contribution in [1.29, 1.82) is 0 Å². The van der Waals surface area contributed by atoms with Gasteiger partial charge < -0.3 is 0 Å². The Morgan fingerprint density at radius 2 is 0.400 bits per heavy atom. The zero-order valence-corrected chi connectivity index (χ0v) is 37.9. The van der Waals surface area contributed by atoms with E-state index in [1.54, 1.807) is 0 Å². The molecule has 10 aromatic rings. The summed E-state index contributed by atoms with van der Waals surface area (Å²) in [5.74, 6) is 0. The molecule has 0 saturated heterocycles. The maximum absolute atomic E-state index is 4.06. The van der Waals surface area contributed by atoms with Crippen molar-refractivity contribution < 1.29 is 0 Å². The monoisotopic (exact) mass is 878 g/mol. The minimum atomic E-state index is 1.09. The largest absolute Gasteiger partial charge is 0.134 e. The molecule has 0 atom stereocenters. The van der Waals surface area contributed by atoms with Gasteiger partial charge in [0.15, 0.2) is 0 Å². The molecule has 0 fully saturated rings. The fourth-order valence-electron chi connectivity index (χ4n) is 7.21. The number of hydrogen-bond donors (Lipinski definition) is 0. The van der Waals surface area contributed by atoms with Gasteiger partial charge in [-0.1, -0.05) is 121 Å². The molecule has 0 amide bonds. The van der Waals surface area contributed by atoms with Crippen LogP contribution in [0.5, 0.6) is 0 Å². The molecule has 4 aromatic carbocycles. The summed E-state index contributed by atoms with van der Waals surface area (Å²) in [5, 5.41) is 0. The highest BCUT2D eigenvalue weighted by molar-refractivity contribution is 7.30. The molecule has 0 saturated carbocycles. The Bertz CT molecular complexity index is 2900. The zero-order chi connectivity index (χ0) is 40.7. The van der Waals surface area contributed by atoms with Crippen LogP contribution in [0.25, 0.3) is 103 Å². The van der Waals surface area contributed by atoms with Gasteiger partial charge in [0.1, 0.15) is 0 Å². The summed E-state index contributed by atoms with van der Waals surface area (Å²) in [6.07, 6.45) is 0. The Morgan fingerprint density at radius 1 is 0.233 bits per heavy atom. The maximum Gasteiger partial charge on any atom is 0.0449 e. The van der Waals surface area contributed by atoms with Crippen LogP contribution >= 0.6 is 68.0 Å². The lowest BCUT2D eigenvalue weighted by atomic mass is 10.0. The van der Waals surface area contributed by atoms with Gasteiger partial charge in [0.25, 0.3) is 0 Å². The van der Waals surface area contributed by atoms with Crippen molar-refractivity contribution in [2.75, 3.05) is 0 Å². The third-order valence-corrected chi connectivity index (χ3v) is 18.2. The van der Waals surface area contributed by atoms with Crippen LogP contribution in [0.3, 0.4) is 0 Å². The molecular weight excluding hydrogens is 841 g/mol. The van der Waals surface area contributed by atoms with E-state index in [0.717, 1.165) is 11.1 Å². The molecule has 60 heavy (non-hydrogen) atoms. The summed E-state index contributed by atoms with van der Waals surface area (Å²) >= 11 is 11.3. The standard InChI is InChI=1S/C54H38S6/c1-33(2)35-5-9-37(10-6-35)39-13-17-41(18-14-39)43-21-23-45(55-43)47-25-27-49(57-47)51-29-31-53(59-51)54-32-30-52(60-54)50-28-26-48(58-50)46-24-22-44(56-46)42-19-15-40(16-20-42)38-11-7-36(8-12-38)34(3)4/h5-32H,1,3H2,2,4H3. The van der Waals surface area contributed by atoms with Gasteiger partial charge >= 0.3 is 0 Å². The second-order valence-corrected chi connectivity index (χ2v) is 21.4. The van der Waals surface area contributed by atoms with Crippen LogP contribution in [-0.4, -0.2) is 0 Å². The third-order valence-electron chi connectivity index (χ3n) is 10.6.